The first-order valence-corrected chi connectivity index (χ1v) is 8.94. The number of rotatable bonds is 6. The molecule has 0 saturated carbocycles. The van der Waals surface area contributed by atoms with E-state index in [0.29, 0.717) is 11.4 Å². The molecule has 3 N–H and O–H groups in total. The zero-order chi connectivity index (χ0) is 18.6. The van der Waals surface area contributed by atoms with E-state index in [9.17, 15) is 13.2 Å². The van der Waals surface area contributed by atoms with E-state index in [-0.39, 0.29) is 5.82 Å². The number of amides is 1. The second kappa shape index (κ2) is 7.15. The number of carbonyl (C=O) groups excluding carboxylic acids is 1. The van der Waals surface area contributed by atoms with Crippen LogP contribution >= 0.6 is 0 Å². The third kappa shape index (κ3) is 4.30. The Hall–Kier alpha value is -3.53. The molecule has 0 atom stereocenters. The third-order valence-electron chi connectivity index (χ3n) is 3.23. The van der Waals surface area contributed by atoms with Crippen LogP contribution in [0.3, 0.4) is 0 Å². The van der Waals surface area contributed by atoms with Crippen molar-refractivity contribution >= 4 is 27.7 Å². The van der Waals surface area contributed by atoms with Gasteiger partial charge in [-0.2, -0.15) is 0 Å². The highest BCUT2D eigenvalue weighted by Crippen LogP contribution is 2.14. The van der Waals surface area contributed by atoms with Crippen LogP contribution in [0.4, 0.5) is 5.69 Å². The van der Waals surface area contributed by atoms with Crippen LogP contribution in [-0.4, -0.2) is 34.5 Å². The van der Waals surface area contributed by atoms with Crippen LogP contribution in [0.2, 0.25) is 0 Å². The summed E-state index contributed by atoms with van der Waals surface area (Å²) in [5, 5.41) is 12.1. The Kier molecular flexibility index (Phi) is 4.76. The lowest BCUT2D eigenvalue weighted by Gasteiger charge is -2.05. The fraction of sp³-hybridized carbons (Fsp3) is 0. The molecule has 0 unspecified atom stereocenters. The minimum absolute atomic E-state index is 0.208. The van der Waals surface area contributed by atoms with Gasteiger partial charge in [-0.3, -0.25) is 9.52 Å². The van der Waals surface area contributed by atoms with Gasteiger partial charge >= 0.3 is 0 Å². The molecule has 0 bridgehead atoms. The summed E-state index contributed by atoms with van der Waals surface area (Å²) in [7, 11) is -3.66. The molecule has 1 aromatic heterocycles. The third-order valence-corrected chi connectivity index (χ3v) is 4.25. The zero-order valence-corrected chi connectivity index (χ0v) is 14.2. The van der Waals surface area contributed by atoms with Gasteiger partial charge in [0.15, 0.2) is 0 Å². The van der Waals surface area contributed by atoms with Gasteiger partial charge in [0, 0.05) is 5.69 Å². The van der Waals surface area contributed by atoms with E-state index in [2.05, 4.69) is 20.1 Å². The molecule has 9 nitrogen and oxygen atoms in total. The summed E-state index contributed by atoms with van der Waals surface area (Å²) in [6, 6.07) is 15.3. The minimum Gasteiger partial charge on any atom is -0.363 e. The number of aromatic nitrogens is 4. The predicted octanol–water partition coefficient (Wildman–Crippen LogP) is 1.17. The summed E-state index contributed by atoms with van der Waals surface area (Å²) in [6.45, 7) is 0. The van der Waals surface area contributed by atoms with Gasteiger partial charge in [-0.05, 0) is 41.1 Å². The second-order valence-corrected chi connectivity index (χ2v) is 6.74. The summed E-state index contributed by atoms with van der Waals surface area (Å²) in [4.78, 5) is 12.1. The molecule has 1 amide bonds. The van der Waals surface area contributed by atoms with Gasteiger partial charge in [-0.25, -0.2) is 8.42 Å². The molecule has 1 heterocycles. The van der Waals surface area contributed by atoms with Crippen molar-refractivity contribution in [2.75, 3.05) is 4.72 Å². The molecular formula is C16H14N6O3S. The van der Waals surface area contributed by atoms with Gasteiger partial charge in [0.2, 0.25) is 0 Å². The molecule has 3 rings (SSSR count). The highest BCUT2D eigenvalue weighted by atomic mass is 32.2. The maximum absolute atomic E-state index is 12.1. The van der Waals surface area contributed by atoms with E-state index in [0.717, 1.165) is 15.8 Å². The summed E-state index contributed by atoms with van der Waals surface area (Å²) >= 11 is 0. The van der Waals surface area contributed by atoms with Crippen LogP contribution in [0.1, 0.15) is 16.2 Å². The molecule has 3 aromatic rings. The zero-order valence-electron chi connectivity index (χ0n) is 13.4. The SMILES string of the molecule is NC(=O)c1nnn(-c2ccc(NS(=O)(=O)/C=C/c3ccccc3)cc2)n1. The maximum atomic E-state index is 12.1. The Morgan fingerprint density at radius 3 is 2.38 bits per heavy atom. The van der Waals surface area contributed by atoms with E-state index in [1.807, 2.05) is 18.2 Å². The lowest BCUT2D eigenvalue weighted by molar-refractivity contribution is 0.0990. The Morgan fingerprint density at radius 2 is 1.77 bits per heavy atom. The van der Waals surface area contributed by atoms with Gasteiger partial charge in [-0.15, -0.1) is 15.0 Å². The van der Waals surface area contributed by atoms with Crippen molar-refractivity contribution < 1.29 is 13.2 Å². The summed E-state index contributed by atoms with van der Waals surface area (Å²) in [5.74, 6) is -0.994. The first-order chi connectivity index (χ1) is 12.4. The quantitative estimate of drug-likeness (QED) is 0.669. The van der Waals surface area contributed by atoms with Crippen LogP contribution in [0.5, 0.6) is 0 Å². The van der Waals surface area contributed by atoms with Crippen molar-refractivity contribution in [3.63, 3.8) is 0 Å². The predicted molar refractivity (Wildman–Crippen MR) is 95.7 cm³/mol. The van der Waals surface area contributed by atoms with Gasteiger partial charge < -0.3 is 5.73 Å². The van der Waals surface area contributed by atoms with Crippen molar-refractivity contribution in [2.45, 2.75) is 0 Å². The topological polar surface area (TPSA) is 133 Å². The molecule has 0 radical (unpaired) electrons. The Bertz CT molecular complexity index is 1040. The minimum atomic E-state index is -3.66. The van der Waals surface area contributed by atoms with E-state index in [1.54, 1.807) is 24.3 Å². The molecular weight excluding hydrogens is 356 g/mol. The number of carbonyl (C=O) groups is 1. The fourth-order valence-electron chi connectivity index (χ4n) is 2.02. The van der Waals surface area contributed by atoms with E-state index < -0.39 is 15.9 Å². The number of hydrogen-bond donors (Lipinski definition) is 2. The first kappa shape index (κ1) is 17.3. The first-order valence-electron chi connectivity index (χ1n) is 7.39. The number of nitrogens with zero attached hydrogens (tertiary/aromatic N) is 4. The highest BCUT2D eigenvalue weighted by Gasteiger charge is 2.10. The number of anilines is 1. The van der Waals surface area contributed by atoms with Crippen molar-refractivity contribution in [3.05, 3.63) is 71.4 Å². The van der Waals surface area contributed by atoms with Crippen LogP contribution < -0.4 is 10.5 Å². The van der Waals surface area contributed by atoms with Gasteiger partial charge in [0.1, 0.15) is 0 Å². The van der Waals surface area contributed by atoms with Gasteiger partial charge in [0.25, 0.3) is 21.8 Å². The number of hydrogen-bond acceptors (Lipinski definition) is 6. The lowest BCUT2D eigenvalue weighted by Crippen LogP contribution is -2.13. The number of sulfonamides is 1. The number of benzene rings is 2. The van der Waals surface area contributed by atoms with E-state index in [4.69, 9.17) is 5.73 Å². The van der Waals surface area contributed by atoms with Gasteiger partial charge in [-0.1, -0.05) is 30.3 Å². The second-order valence-electron chi connectivity index (χ2n) is 5.17. The molecule has 0 saturated heterocycles. The molecule has 132 valence electrons. The molecule has 0 aliphatic heterocycles. The number of nitrogens with one attached hydrogen (secondary N) is 1. The molecule has 0 fully saturated rings. The summed E-state index contributed by atoms with van der Waals surface area (Å²) < 4.78 is 26.7. The molecule has 26 heavy (non-hydrogen) atoms. The largest absolute Gasteiger partial charge is 0.363 e. The Morgan fingerprint density at radius 1 is 1.08 bits per heavy atom. The molecule has 0 aliphatic carbocycles. The number of nitrogens with two attached hydrogens (primary N) is 1. The van der Waals surface area contributed by atoms with Crippen molar-refractivity contribution in [1.29, 1.82) is 0 Å². The average Bonchev–Trinajstić information content (AvgIpc) is 3.12. The fourth-order valence-corrected chi connectivity index (χ4v) is 2.88. The number of primary amides is 1. The monoisotopic (exact) mass is 370 g/mol. The molecule has 2 aromatic carbocycles. The van der Waals surface area contributed by atoms with Crippen LogP contribution in [0.15, 0.2) is 60.0 Å². The van der Waals surface area contributed by atoms with Crippen LogP contribution in [-0.2, 0) is 10.0 Å². The summed E-state index contributed by atoms with van der Waals surface area (Å²) in [5.41, 5.74) is 6.70. The number of tetrazole rings is 1. The maximum Gasteiger partial charge on any atom is 0.290 e. The molecule has 0 aliphatic rings. The van der Waals surface area contributed by atoms with Crippen molar-refractivity contribution in [3.8, 4) is 5.69 Å². The molecule has 10 heteroatoms. The Labute approximate surface area is 149 Å². The molecule has 0 spiro atoms. The summed E-state index contributed by atoms with van der Waals surface area (Å²) in [6.07, 6.45) is 1.50. The van der Waals surface area contributed by atoms with Crippen molar-refractivity contribution in [2.24, 2.45) is 5.73 Å². The van der Waals surface area contributed by atoms with E-state index >= 15 is 0 Å². The smallest absolute Gasteiger partial charge is 0.290 e. The van der Waals surface area contributed by atoms with Crippen LogP contribution in [0.25, 0.3) is 11.8 Å². The van der Waals surface area contributed by atoms with Crippen molar-refractivity contribution in [1.82, 2.24) is 20.2 Å². The highest BCUT2D eigenvalue weighted by molar-refractivity contribution is 7.95. The van der Waals surface area contributed by atoms with Crippen LogP contribution in [0, 0.1) is 0 Å². The normalized spacial score (nSPS) is 11.5. The van der Waals surface area contributed by atoms with Gasteiger partial charge in [0.05, 0.1) is 11.1 Å². The lowest BCUT2D eigenvalue weighted by atomic mass is 10.2. The average molecular weight is 370 g/mol. The standard InChI is InChI=1S/C16H14N6O3S/c17-15(23)16-18-21-22(19-16)14-8-6-13(7-9-14)20-26(24,25)11-10-12-4-2-1-3-5-12/h1-11,20H,(H2,17,23)/b11-10+. The Balaban J connectivity index is 1.72. The van der Waals surface area contributed by atoms with E-state index in [1.165, 1.54) is 18.2 Å².